The molecular formula is C19H19Cl2NO4. The van der Waals surface area contributed by atoms with Crippen molar-refractivity contribution in [1.29, 1.82) is 0 Å². The summed E-state index contributed by atoms with van der Waals surface area (Å²) in [7, 11) is 3.09. The first-order chi connectivity index (χ1) is 12.3. The molecule has 0 heterocycles. The molecule has 0 spiro atoms. The van der Waals surface area contributed by atoms with Crippen LogP contribution in [-0.4, -0.2) is 37.5 Å². The summed E-state index contributed by atoms with van der Waals surface area (Å²) in [6.45, 7) is 1.81. The van der Waals surface area contributed by atoms with Crippen molar-refractivity contribution in [3.05, 3.63) is 63.1 Å². The van der Waals surface area contributed by atoms with E-state index in [4.69, 9.17) is 32.7 Å². The Morgan fingerprint density at radius 2 is 1.81 bits per heavy atom. The Bertz CT molecular complexity index is 823. The summed E-state index contributed by atoms with van der Waals surface area (Å²) < 4.78 is 10.3. The van der Waals surface area contributed by atoms with Crippen LogP contribution in [0.5, 0.6) is 5.75 Å². The number of esters is 1. The van der Waals surface area contributed by atoms with E-state index in [1.54, 1.807) is 37.4 Å². The Labute approximate surface area is 162 Å². The number of likely N-dealkylation sites (N-methyl/N-ethyl adjacent to an activating group) is 1. The lowest BCUT2D eigenvalue weighted by molar-refractivity contribution is -0.133. The molecular weight excluding hydrogens is 377 g/mol. The highest BCUT2D eigenvalue weighted by atomic mass is 35.5. The van der Waals surface area contributed by atoms with Gasteiger partial charge >= 0.3 is 5.97 Å². The van der Waals surface area contributed by atoms with Gasteiger partial charge in [0.05, 0.1) is 17.2 Å². The van der Waals surface area contributed by atoms with E-state index in [1.165, 1.54) is 12.0 Å². The minimum atomic E-state index is -0.609. The number of amides is 1. The molecule has 2 rings (SSSR count). The molecule has 2 aromatic carbocycles. The van der Waals surface area contributed by atoms with Crippen LogP contribution in [-0.2, 0) is 16.1 Å². The molecule has 0 N–H and O–H groups in total. The summed E-state index contributed by atoms with van der Waals surface area (Å²) in [5, 5.41) is 0.869. The number of nitrogens with zero attached hydrogens (tertiary/aromatic N) is 1. The van der Waals surface area contributed by atoms with Gasteiger partial charge in [0.15, 0.2) is 6.61 Å². The molecule has 0 fully saturated rings. The van der Waals surface area contributed by atoms with Crippen LogP contribution in [0.4, 0.5) is 0 Å². The average Bonchev–Trinajstić information content (AvgIpc) is 2.62. The highest BCUT2D eigenvalue weighted by molar-refractivity contribution is 6.42. The van der Waals surface area contributed by atoms with E-state index in [9.17, 15) is 9.59 Å². The first kappa shape index (κ1) is 20.1. The van der Waals surface area contributed by atoms with Crippen LogP contribution in [0.25, 0.3) is 0 Å². The smallest absolute Gasteiger partial charge is 0.342 e. The Hall–Kier alpha value is -2.24. The van der Waals surface area contributed by atoms with Crippen LogP contribution in [0.3, 0.4) is 0 Å². The predicted molar refractivity (Wildman–Crippen MR) is 101 cm³/mol. The molecule has 7 heteroatoms. The van der Waals surface area contributed by atoms with Gasteiger partial charge in [-0.25, -0.2) is 4.79 Å². The van der Waals surface area contributed by atoms with Gasteiger partial charge in [-0.1, -0.05) is 40.9 Å². The molecule has 138 valence electrons. The Balaban J connectivity index is 1.96. The maximum atomic E-state index is 12.2. The molecule has 0 unspecified atom stereocenters. The first-order valence-corrected chi connectivity index (χ1v) is 8.57. The lowest BCUT2D eigenvalue weighted by atomic mass is 10.1. The zero-order chi connectivity index (χ0) is 19.3. The summed E-state index contributed by atoms with van der Waals surface area (Å²) >= 11 is 11.9. The number of methoxy groups -OCH3 is 1. The Morgan fingerprint density at radius 1 is 1.08 bits per heavy atom. The van der Waals surface area contributed by atoms with Crippen molar-refractivity contribution in [3.63, 3.8) is 0 Å². The fourth-order valence-corrected chi connectivity index (χ4v) is 2.62. The second-order valence-electron chi connectivity index (χ2n) is 5.78. The topological polar surface area (TPSA) is 55.8 Å². The number of aryl methyl sites for hydroxylation is 1. The van der Waals surface area contributed by atoms with E-state index in [0.717, 1.165) is 11.1 Å². The summed E-state index contributed by atoms with van der Waals surface area (Å²) in [5.41, 5.74) is 2.00. The molecule has 1 amide bonds. The first-order valence-electron chi connectivity index (χ1n) is 7.81. The van der Waals surface area contributed by atoms with Gasteiger partial charge in [-0.15, -0.1) is 0 Å². The van der Waals surface area contributed by atoms with E-state index >= 15 is 0 Å². The second-order valence-corrected chi connectivity index (χ2v) is 6.59. The SMILES string of the molecule is COc1ccc(C)cc1C(=O)OCC(=O)N(C)Cc1ccc(Cl)c(Cl)c1. The highest BCUT2D eigenvalue weighted by Crippen LogP contribution is 2.23. The number of hydrogen-bond donors (Lipinski definition) is 0. The van der Waals surface area contributed by atoms with Gasteiger partial charge in [-0.3, -0.25) is 4.79 Å². The van der Waals surface area contributed by atoms with Crippen LogP contribution in [0.1, 0.15) is 21.5 Å². The number of rotatable bonds is 6. The van der Waals surface area contributed by atoms with Gasteiger partial charge in [0.2, 0.25) is 0 Å². The minimum absolute atomic E-state index is 0.285. The van der Waals surface area contributed by atoms with Crippen molar-refractivity contribution >= 4 is 35.1 Å². The fourth-order valence-electron chi connectivity index (χ4n) is 2.30. The van der Waals surface area contributed by atoms with Crippen molar-refractivity contribution in [1.82, 2.24) is 4.90 Å². The van der Waals surface area contributed by atoms with Crippen molar-refractivity contribution in [2.24, 2.45) is 0 Å². The molecule has 0 aliphatic rings. The summed E-state index contributed by atoms with van der Waals surface area (Å²) in [4.78, 5) is 25.9. The van der Waals surface area contributed by atoms with Gasteiger partial charge in [-0.2, -0.15) is 0 Å². The number of halogens is 2. The number of carbonyl (C=O) groups is 2. The fraction of sp³-hybridized carbons (Fsp3) is 0.263. The summed E-state index contributed by atoms with van der Waals surface area (Å²) in [6, 6.07) is 10.3. The maximum Gasteiger partial charge on any atom is 0.342 e. The predicted octanol–water partition coefficient (Wildman–Crippen LogP) is 4.13. The third kappa shape index (κ3) is 5.13. The number of benzene rings is 2. The van der Waals surface area contributed by atoms with E-state index in [0.29, 0.717) is 22.3 Å². The Morgan fingerprint density at radius 3 is 2.46 bits per heavy atom. The van der Waals surface area contributed by atoms with Crippen molar-refractivity contribution in [3.8, 4) is 5.75 Å². The van der Waals surface area contributed by atoms with Gasteiger partial charge in [0.25, 0.3) is 5.91 Å². The quantitative estimate of drug-likeness (QED) is 0.690. The lowest BCUT2D eigenvalue weighted by Gasteiger charge is -2.18. The molecule has 0 saturated heterocycles. The van der Waals surface area contributed by atoms with Crippen molar-refractivity contribution in [2.75, 3.05) is 20.8 Å². The molecule has 0 saturated carbocycles. The summed E-state index contributed by atoms with van der Waals surface area (Å²) in [6.07, 6.45) is 0. The largest absolute Gasteiger partial charge is 0.496 e. The maximum absolute atomic E-state index is 12.2. The molecule has 26 heavy (non-hydrogen) atoms. The zero-order valence-corrected chi connectivity index (χ0v) is 16.2. The third-order valence-corrected chi connectivity index (χ3v) is 4.47. The van der Waals surface area contributed by atoms with Gasteiger partial charge < -0.3 is 14.4 Å². The van der Waals surface area contributed by atoms with Crippen molar-refractivity contribution in [2.45, 2.75) is 13.5 Å². The second kappa shape index (κ2) is 8.92. The van der Waals surface area contributed by atoms with Crippen LogP contribution < -0.4 is 4.74 Å². The normalized spacial score (nSPS) is 10.3. The van der Waals surface area contributed by atoms with Gasteiger partial charge in [0.1, 0.15) is 11.3 Å². The molecule has 2 aromatic rings. The van der Waals surface area contributed by atoms with Gasteiger partial charge in [-0.05, 0) is 36.8 Å². The molecule has 0 aromatic heterocycles. The monoisotopic (exact) mass is 395 g/mol. The summed E-state index contributed by atoms with van der Waals surface area (Å²) in [5.74, 6) is -0.546. The molecule has 0 bridgehead atoms. The number of ether oxygens (including phenoxy) is 2. The van der Waals surface area contributed by atoms with E-state index in [1.807, 2.05) is 13.0 Å². The highest BCUT2D eigenvalue weighted by Gasteiger charge is 2.17. The lowest BCUT2D eigenvalue weighted by Crippen LogP contribution is -2.30. The van der Waals surface area contributed by atoms with E-state index in [2.05, 4.69) is 0 Å². The zero-order valence-electron chi connectivity index (χ0n) is 14.7. The minimum Gasteiger partial charge on any atom is -0.496 e. The average molecular weight is 396 g/mol. The van der Waals surface area contributed by atoms with Crippen molar-refractivity contribution < 1.29 is 19.1 Å². The number of hydrogen-bond acceptors (Lipinski definition) is 4. The molecule has 0 aliphatic heterocycles. The molecule has 0 aliphatic carbocycles. The third-order valence-electron chi connectivity index (χ3n) is 3.73. The van der Waals surface area contributed by atoms with E-state index < -0.39 is 5.97 Å². The number of carbonyl (C=O) groups excluding carboxylic acids is 2. The molecule has 0 atom stereocenters. The van der Waals surface area contributed by atoms with Crippen LogP contribution in [0.15, 0.2) is 36.4 Å². The molecule has 5 nitrogen and oxygen atoms in total. The standard InChI is InChI=1S/C19H19Cl2NO4/c1-12-4-7-17(25-3)14(8-12)19(24)26-11-18(23)22(2)10-13-5-6-15(20)16(21)9-13/h4-9H,10-11H2,1-3H3. The van der Waals surface area contributed by atoms with Crippen LogP contribution in [0.2, 0.25) is 10.0 Å². The van der Waals surface area contributed by atoms with Crippen LogP contribution in [0, 0.1) is 6.92 Å². The van der Waals surface area contributed by atoms with Crippen LogP contribution >= 0.6 is 23.2 Å². The van der Waals surface area contributed by atoms with Gasteiger partial charge in [0, 0.05) is 13.6 Å². The Kier molecular flexibility index (Phi) is 6.89. The molecule has 0 radical (unpaired) electrons. The van der Waals surface area contributed by atoms with E-state index in [-0.39, 0.29) is 18.1 Å².